The van der Waals surface area contributed by atoms with Crippen molar-refractivity contribution < 1.29 is 14.3 Å². The second-order valence-electron chi connectivity index (χ2n) is 4.22. The number of nitrogens with one attached hydrogen (secondary N) is 2. The number of hydrogen-bond acceptors (Lipinski definition) is 3. The minimum Gasteiger partial charge on any atom is -0.380 e. The van der Waals surface area contributed by atoms with Crippen LogP contribution in [0.2, 0.25) is 0 Å². The lowest BCUT2D eigenvalue weighted by Crippen LogP contribution is -2.44. The van der Waals surface area contributed by atoms with E-state index in [1.165, 1.54) is 0 Å². The summed E-state index contributed by atoms with van der Waals surface area (Å²) < 4.78 is 5.00. The molecule has 0 saturated heterocycles. The maximum Gasteiger partial charge on any atom is 0.251 e. The average Bonchev–Trinajstić information content (AvgIpc) is 2.40. The first-order chi connectivity index (χ1) is 9.08. The highest BCUT2D eigenvalue weighted by molar-refractivity contribution is 5.97. The van der Waals surface area contributed by atoms with Crippen LogP contribution in [-0.4, -0.2) is 31.5 Å². The van der Waals surface area contributed by atoms with E-state index in [4.69, 9.17) is 4.74 Å². The monoisotopic (exact) mass is 264 g/mol. The Morgan fingerprint density at radius 1 is 1.26 bits per heavy atom. The van der Waals surface area contributed by atoms with E-state index in [2.05, 4.69) is 10.6 Å². The Morgan fingerprint density at radius 2 is 1.89 bits per heavy atom. The van der Waals surface area contributed by atoms with Gasteiger partial charge < -0.3 is 15.4 Å². The predicted octanol–water partition coefficient (Wildman–Crippen LogP) is 1.09. The molecule has 2 amide bonds. The zero-order valence-electron chi connectivity index (χ0n) is 11.5. The van der Waals surface area contributed by atoms with Crippen molar-refractivity contribution in [3.05, 3.63) is 35.4 Å². The fourth-order valence-electron chi connectivity index (χ4n) is 1.59. The lowest BCUT2D eigenvalue weighted by Gasteiger charge is -2.13. The highest BCUT2D eigenvalue weighted by Gasteiger charge is 2.15. The van der Waals surface area contributed by atoms with Crippen LogP contribution in [0.5, 0.6) is 0 Å². The summed E-state index contributed by atoms with van der Waals surface area (Å²) in [6, 6.07) is 6.54. The van der Waals surface area contributed by atoms with Crippen molar-refractivity contribution in [2.45, 2.75) is 26.5 Å². The summed E-state index contributed by atoms with van der Waals surface area (Å²) in [5.74, 6) is -0.449. The Balaban J connectivity index is 2.60. The first-order valence-electron chi connectivity index (χ1n) is 6.25. The smallest absolute Gasteiger partial charge is 0.251 e. The van der Waals surface area contributed by atoms with Crippen molar-refractivity contribution in [3.8, 4) is 0 Å². The van der Waals surface area contributed by atoms with Crippen LogP contribution < -0.4 is 10.6 Å². The topological polar surface area (TPSA) is 67.4 Å². The highest BCUT2D eigenvalue weighted by Crippen LogP contribution is 2.05. The lowest BCUT2D eigenvalue weighted by molar-refractivity contribution is -0.122. The lowest BCUT2D eigenvalue weighted by atomic mass is 10.1. The molecule has 0 spiro atoms. The van der Waals surface area contributed by atoms with Gasteiger partial charge in [0.2, 0.25) is 5.91 Å². The van der Waals surface area contributed by atoms with Crippen molar-refractivity contribution >= 4 is 11.8 Å². The molecule has 0 bridgehead atoms. The van der Waals surface area contributed by atoms with Gasteiger partial charge in [-0.05, 0) is 31.5 Å². The average molecular weight is 264 g/mol. The van der Waals surface area contributed by atoms with E-state index in [9.17, 15) is 9.59 Å². The molecule has 19 heavy (non-hydrogen) atoms. The SMILES string of the molecule is CCNC(=O)[C@@H](C)NC(=O)c1ccc(COC)cc1. The van der Waals surface area contributed by atoms with Crippen LogP contribution in [0.4, 0.5) is 0 Å². The Kier molecular flexibility index (Phi) is 6.02. The molecule has 2 N–H and O–H groups in total. The second kappa shape index (κ2) is 7.53. The minimum atomic E-state index is -0.550. The zero-order valence-corrected chi connectivity index (χ0v) is 11.5. The van der Waals surface area contributed by atoms with Gasteiger partial charge in [0.1, 0.15) is 6.04 Å². The fourth-order valence-corrected chi connectivity index (χ4v) is 1.59. The molecule has 0 unspecified atom stereocenters. The van der Waals surface area contributed by atoms with Crippen LogP contribution >= 0.6 is 0 Å². The summed E-state index contributed by atoms with van der Waals surface area (Å²) in [5.41, 5.74) is 1.52. The number of rotatable bonds is 6. The maximum atomic E-state index is 11.9. The first kappa shape index (κ1) is 15.2. The van der Waals surface area contributed by atoms with E-state index in [1.54, 1.807) is 26.2 Å². The molecule has 5 nitrogen and oxygen atoms in total. The number of carbonyl (C=O) groups is 2. The van der Waals surface area contributed by atoms with Crippen LogP contribution in [0.15, 0.2) is 24.3 Å². The van der Waals surface area contributed by atoms with E-state index in [0.717, 1.165) is 5.56 Å². The summed E-state index contributed by atoms with van der Waals surface area (Å²) in [6.07, 6.45) is 0. The molecule has 1 aromatic carbocycles. The van der Waals surface area contributed by atoms with Crippen LogP contribution in [0.25, 0.3) is 0 Å². The minimum absolute atomic E-state index is 0.188. The van der Waals surface area contributed by atoms with Crippen LogP contribution in [0.3, 0.4) is 0 Å². The summed E-state index contributed by atoms with van der Waals surface area (Å²) >= 11 is 0. The molecule has 1 aromatic rings. The van der Waals surface area contributed by atoms with Gasteiger partial charge in [-0.25, -0.2) is 0 Å². The van der Waals surface area contributed by atoms with Crippen LogP contribution in [0.1, 0.15) is 29.8 Å². The van der Waals surface area contributed by atoms with Gasteiger partial charge in [-0.15, -0.1) is 0 Å². The second-order valence-corrected chi connectivity index (χ2v) is 4.22. The zero-order chi connectivity index (χ0) is 14.3. The fraction of sp³-hybridized carbons (Fsp3) is 0.429. The number of benzene rings is 1. The molecule has 5 heteroatoms. The van der Waals surface area contributed by atoms with E-state index in [-0.39, 0.29) is 11.8 Å². The number of amides is 2. The first-order valence-corrected chi connectivity index (χ1v) is 6.25. The molecule has 0 aliphatic heterocycles. The van der Waals surface area contributed by atoms with Crippen molar-refractivity contribution in [1.29, 1.82) is 0 Å². The molecule has 0 aliphatic rings. The Labute approximate surface area is 113 Å². The van der Waals surface area contributed by atoms with Crippen LogP contribution in [-0.2, 0) is 16.1 Å². The molecule has 104 valence electrons. The van der Waals surface area contributed by atoms with Gasteiger partial charge in [0.15, 0.2) is 0 Å². The van der Waals surface area contributed by atoms with Gasteiger partial charge in [0.05, 0.1) is 6.61 Å². The maximum absolute atomic E-state index is 11.9. The van der Waals surface area contributed by atoms with Gasteiger partial charge in [-0.3, -0.25) is 9.59 Å². The number of ether oxygens (including phenoxy) is 1. The molecule has 0 heterocycles. The van der Waals surface area contributed by atoms with Crippen molar-refractivity contribution in [1.82, 2.24) is 10.6 Å². The van der Waals surface area contributed by atoms with Gasteiger partial charge >= 0.3 is 0 Å². The molecule has 0 aliphatic carbocycles. The summed E-state index contributed by atoms with van der Waals surface area (Å²) in [6.45, 7) is 4.55. The Hall–Kier alpha value is -1.88. The van der Waals surface area contributed by atoms with Gasteiger partial charge in [-0.2, -0.15) is 0 Å². The van der Waals surface area contributed by atoms with Crippen LogP contribution in [0, 0.1) is 0 Å². The molecule has 0 aromatic heterocycles. The summed E-state index contributed by atoms with van der Waals surface area (Å²) in [7, 11) is 1.62. The summed E-state index contributed by atoms with van der Waals surface area (Å²) in [5, 5.41) is 5.31. The molecule has 0 saturated carbocycles. The molecule has 0 radical (unpaired) electrons. The highest BCUT2D eigenvalue weighted by atomic mass is 16.5. The Morgan fingerprint density at radius 3 is 2.42 bits per heavy atom. The van der Waals surface area contributed by atoms with Crippen molar-refractivity contribution in [2.75, 3.05) is 13.7 Å². The van der Waals surface area contributed by atoms with Gasteiger partial charge in [0.25, 0.3) is 5.91 Å². The standard InChI is InChI=1S/C14H20N2O3/c1-4-15-13(17)10(2)16-14(18)12-7-5-11(6-8-12)9-19-3/h5-8,10H,4,9H2,1-3H3,(H,15,17)(H,16,18)/t10-/m1/s1. The summed E-state index contributed by atoms with van der Waals surface area (Å²) in [4.78, 5) is 23.4. The quantitative estimate of drug-likeness (QED) is 0.808. The normalized spacial score (nSPS) is 11.7. The molecule has 1 atom stereocenters. The number of carbonyl (C=O) groups excluding carboxylic acids is 2. The number of likely N-dealkylation sites (N-methyl/N-ethyl adjacent to an activating group) is 1. The third-order valence-corrected chi connectivity index (χ3v) is 2.62. The third kappa shape index (κ3) is 4.71. The Bertz CT molecular complexity index is 429. The number of methoxy groups -OCH3 is 1. The molecule has 0 fully saturated rings. The molecule has 1 rings (SSSR count). The predicted molar refractivity (Wildman–Crippen MR) is 72.8 cm³/mol. The molecular weight excluding hydrogens is 244 g/mol. The van der Waals surface area contributed by atoms with Crippen molar-refractivity contribution in [2.24, 2.45) is 0 Å². The third-order valence-electron chi connectivity index (χ3n) is 2.62. The van der Waals surface area contributed by atoms with E-state index >= 15 is 0 Å². The molecular formula is C14H20N2O3. The largest absolute Gasteiger partial charge is 0.380 e. The van der Waals surface area contributed by atoms with E-state index < -0.39 is 6.04 Å². The van der Waals surface area contributed by atoms with Gasteiger partial charge in [0, 0.05) is 19.2 Å². The van der Waals surface area contributed by atoms with E-state index in [1.807, 2.05) is 19.1 Å². The van der Waals surface area contributed by atoms with Gasteiger partial charge in [-0.1, -0.05) is 12.1 Å². The number of hydrogen-bond donors (Lipinski definition) is 2. The van der Waals surface area contributed by atoms with E-state index in [0.29, 0.717) is 18.7 Å². The van der Waals surface area contributed by atoms with Crippen molar-refractivity contribution in [3.63, 3.8) is 0 Å².